The highest BCUT2D eigenvalue weighted by Gasteiger charge is 2.46. The average molecular weight is 581 g/mol. The van der Waals surface area contributed by atoms with E-state index in [0.717, 1.165) is 48.8 Å². The molecule has 2 aromatic carbocycles. The number of nitrogens with two attached hydrogens (primary N) is 1. The van der Waals surface area contributed by atoms with Crippen LogP contribution in [0.15, 0.2) is 60.2 Å². The number of rotatable bonds is 11. The third-order valence-electron chi connectivity index (χ3n) is 7.91. The van der Waals surface area contributed by atoms with Crippen molar-refractivity contribution < 1.29 is 19.1 Å². The standard InChI is InChI=1S/C32H41ClN4O4/c1-4-37(29(39)26(35-30(40)31(2,3)34)21-41-20-22-12-7-5-8-13-22)19-25-27(23-14-11-15-24(33)18-23)28(38)36-32(25)16-9-6-10-17-32/h5,7-8,11-15,18,26H,4,6,9-10,16-17,19-21,34H2,1-3H3,(H,35,40)(H,36,38)/t26-/m1/s1. The number of ether oxygens (including phenoxy) is 1. The summed E-state index contributed by atoms with van der Waals surface area (Å²) in [6.07, 6.45) is 4.71. The van der Waals surface area contributed by atoms with Crippen LogP contribution in [0.5, 0.6) is 0 Å². The molecular formula is C32H41ClN4O4. The predicted octanol–water partition coefficient (Wildman–Crippen LogP) is 4.21. The van der Waals surface area contributed by atoms with Crippen molar-refractivity contribution in [2.75, 3.05) is 19.7 Å². The van der Waals surface area contributed by atoms with Crippen LogP contribution in [0.25, 0.3) is 5.57 Å². The van der Waals surface area contributed by atoms with Crippen LogP contribution in [-0.2, 0) is 25.7 Å². The molecule has 3 amide bonds. The van der Waals surface area contributed by atoms with Gasteiger partial charge in [0, 0.05) is 23.7 Å². The van der Waals surface area contributed by atoms with Crippen molar-refractivity contribution >= 4 is 34.9 Å². The number of halogens is 1. The summed E-state index contributed by atoms with van der Waals surface area (Å²) < 4.78 is 5.92. The van der Waals surface area contributed by atoms with E-state index in [0.29, 0.717) is 23.7 Å². The lowest BCUT2D eigenvalue weighted by atomic mass is 9.76. The van der Waals surface area contributed by atoms with Crippen LogP contribution in [0.3, 0.4) is 0 Å². The topological polar surface area (TPSA) is 114 Å². The van der Waals surface area contributed by atoms with E-state index in [1.54, 1.807) is 30.9 Å². The molecule has 0 saturated heterocycles. The first-order valence-corrected chi connectivity index (χ1v) is 14.7. The second-order valence-corrected chi connectivity index (χ2v) is 12.0. The molecule has 1 atom stereocenters. The lowest BCUT2D eigenvalue weighted by Crippen LogP contribution is -2.58. The lowest BCUT2D eigenvalue weighted by molar-refractivity contribution is -0.139. The molecule has 1 spiro atoms. The Bertz CT molecular complexity index is 1280. The fourth-order valence-electron chi connectivity index (χ4n) is 5.64. The van der Waals surface area contributed by atoms with Crippen molar-refractivity contribution in [3.63, 3.8) is 0 Å². The quantitative estimate of drug-likeness (QED) is 0.368. The zero-order valence-electron chi connectivity index (χ0n) is 24.2. The van der Waals surface area contributed by atoms with Gasteiger partial charge in [-0.25, -0.2) is 0 Å². The molecule has 1 aliphatic carbocycles. The molecule has 0 radical (unpaired) electrons. The number of hydrogen-bond donors (Lipinski definition) is 3. The number of carbonyl (C=O) groups is 3. The molecule has 2 aliphatic rings. The summed E-state index contributed by atoms with van der Waals surface area (Å²) in [5, 5.41) is 6.64. The fourth-order valence-corrected chi connectivity index (χ4v) is 5.83. The maximum atomic E-state index is 14.1. The minimum Gasteiger partial charge on any atom is -0.374 e. The van der Waals surface area contributed by atoms with Gasteiger partial charge in [0.2, 0.25) is 11.8 Å². The van der Waals surface area contributed by atoms with Gasteiger partial charge in [0.1, 0.15) is 6.04 Å². The number of benzene rings is 2. The van der Waals surface area contributed by atoms with E-state index < -0.39 is 23.0 Å². The Morgan fingerprint density at radius 2 is 1.83 bits per heavy atom. The molecule has 1 aliphatic heterocycles. The van der Waals surface area contributed by atoms with Crippen LogP contribution in [0.1, 0.15) is 64.0 Å². The monoisotopic (exact) mass is 580 g/mol. The minimum absolute atomic E-state index is 0.0193. The molecule has 8 nitrogen and oxygen atoms in total. The van der Waals surface area contributed by atoms with Gasteiger partial charge < -0.3 is 26.0 Å². The summed E-state index contributed by atoms with van der Waals surface area (Å²) in [6.45, 7) is 5.98. The first-order chi connectivity index (χ1) is 19.5. The van der Waals surface area contributed by atoms with E-state index in [9.17, 15) is 14.4 Å². The smallest absolute Gasteiger partial charge is 0.252 e. The van der Waals surface area contributed by atoms with Crippen LogP contribution >= 0.6 is 11.6 Å². The zero-order valence-corrected chi connectivity index (χ0v) is 24.9. The third-order valence-corrected chi connectivity index (χ3v) is 8.14. The molecule has 41 heavy (non-hydrogen) atoms. The highest BCUT2D eigenvalue weighted by Crippen LogP contribution is 2.43. The molecule has 220 valence electrons. The third kappa shape index (κ3) is 7.36. The van der Waals surface area contributed by atoms with Crippen LogP contribution in [0.2, 0.25) is 5.02 Å². The Kier molecular flexibility index (Phi) is 9.89. The summed E-state index contributed by atoms with van der Waals surface area (Å²) in [5.41, 5.74) is 7.53. The number of nitrogens with one attached hydrogen (secondary N) is 2. The molecule has 1 fully saturated rings. The van der Waals surface area contributed by atoms with Gasteiger partial charge in [-0.1, -0.05) is 73.3 Å². The molecule has 4 rings (SSSR count). The number of amides is 3. The number of carbonyl (C=O) groups excluding carboxylic acids is 3. The summed E-state index contributed by atoms with van der Waals surface area (Å²) in [4.78, 5) is 42.1. The van der Waals surface area contributed by atoms with Gasteiger partial charge in [0.15, 0.2) is 0 Å². The summed E-state index contributed by atoms with van der Waals surface area (Å²) in [5.74, 6) is -0.884. The Morgan fingerprint density at radius 3 is 2.46 bits per heavy atom. The van der Waals surface area contributed by atoms with Crippen molar-refractivity contribution in [3.05, 3.63) is 76.3 Å². The SMILES string of the molecule is CCN(CC1=C(c2cccc(Cl)c2)C(=O)NC12CCCCC2)C(=O)[C@@H](COCc1ccccc1)NC(=O)C(C)(C)N. The normalized spacial score (nSPS) is 17.3. The van der Waals surface area contributed by atoms with Crippen LogP contribution < -0.4 is 16.4 Å². The van der Waals surface area contributed by atoms with Crippen molar-refractivity contribution in [1.82, 2.24) is 15.5 Å². The molecule has 1 heterocycles. The van der Waals surface area contributed by atoms with E-state index >= 15 is 0 Å². The second kappa shape index (κ2) is 13.2. The lowest BCUT2D eigenvalue weighted by Gasteiger charge is -2.38. The van der Waals surface area contributed by atoms with Crippen LogP contribution in [-0.4, -0.2) is 59.4 Å². The largest absolute Gasteiger partial charge is 0.374 e. The van der Waals surface area contributed by atoms with E-state index in [1.807, 2.05) is 49.4 Å². The Balaban J connectivity index is 1.64. The second-order valence-electron chi connectivity index (χ2n) is 11.6. The van der Waals surface area contributed by atoms with Gasteiger partial charge in [-0.05, 0) is 62.4 Å². The van der Waals surface area contributed by atoms with Gasteiger partial charge in [-0.15, -0.1) is 0 Å². The zero-order chi connectivity index (χ0) is 29.6. The Hall–Kier alpha value is -3.20. The summed E-state index contributed by atoms with van der Waals surface area (Å²) in [7, 11) is 0. The summed E-state index contributed by atoms with van der Waals surface area (Å²) in [6, 6.07) is 16.0. The number of nitrogens with zero attached hydrogens (tertiary/aromatic N) is 1. The Labute approximate surface area is 247 Å². The van der Waals surface area contributed by atoms with E-state index in [-0.39, 0.29) is 25.0 Å². The van der Waals surface area contributed by atoms with E-state index in [1.165, 1.54) is 0 Å². The van der Waals surface area contributed by atoms with Crippen LogP contribution in [0.4, 0.5) is 0 Å². The number of hydrogen-bond acceptors (Lipinski definition) is 5. The average Bonchev–Trinajstić information content (AvgIpc) is 3.20. The van der Waals surface area contributed by atoms with E-state index in [2.05, 4.69) is 10.6 Å². The first-order valence-electron chi connectivity index (χ1n) is 14.4. The van der Waals surface area contributed by atoms with Crippen molar-refractivity contribution in [2.24, 2.45) is 5.73 Å². The van der Waals surface area contributed by atoms with Gasteiger partial charge in [-0.2, -0.15) is 0 Å². The highest BCUT2D eigenvalue weighted by molar-refractivity contribution is 6.31. The van der Waals surface area contributed by atoms with Crippen molar-refractivity contribution in [3.8, 4) is 0 Å². The molecule has 2 aromatic rings. The van der Waals surface area contributed by atoms with Gasteiger partial charge in [0.05, 0.1) is 24.3 Å². The minimum atomic E-state index is -1.18. The van der Waals surface area contributed by atoms with Crippen molar-refractivity contribution in [2.45, 2.75) is 76.6 Å². The molecule has 9 heteroatoms. The Morgan fingerprint density at radius 1 is 1.12 bits per heavy atom. The van der Waals surface area contributed by atoms with Gasteiger partial charge in [-0.3, -0.25) is 14.4 Å². The molecule has 0 bridgehead atoms. The fraction of sp³-hybridized carbons (Fsp3) is 0.469. The van der Waals surface area contributed by atoms with Crippen molar-refractivity contribution in [1.29, 1.82) is 0 Å². The molecule has 1 saturated carbocycles. The predicted molar refractivity (Wildman–Crippen MR) is 161 cm³/mol. The molecule has 0 unspecified atom stereocenters. The van der Waals surface area contributed by atoms with Crippen LogP contribution in [0, 0.1) is 0 Å². The van der Waals surface area contributed by atoms with Gasteiger partial charge in [0.25, 0.3) is 5.91 Å². The first kappa shape index (κ1) is 30.8. The number of likely N-dealkylation sites (N-methyl/N-ethyl adjacent to an activating group) is 1. The molecule has 4 N–H and O–H groups in total. The van der Waals surface area contributed by atoms with Gasteiger partial charge >= 0.3 is 0 Å². The molecular weight excluding hydrogens is 540 g/mol. The maximum absolute atomic E-state index is 14.1. The highest BCUT2D eigenvalue weighted by atomic mass is 35.5. The van der Waals surface area contributed by atoms with E-state index in [4.69, 9.17) is 22.1 Å². The summed E-state index contributed by atoms with van der Waals surface area (Å²) >= 11 is 6.32. The molecule has 0 aromatic heterocycles. The maximum Gasteiger partial charge on any atom is 0.252 e.